The minimum absolute atomic E-state index is 0.333. The molecule has 0 aliphatic carbocycles. The summed E-state index contributed by atoms with van der Waals surface area (Å²) in [5, 5.41) is 8.01. The molecule has 4 rings (SSSR count). The first-order valence-corrected chi connectivity index (χ1v) is 6.87. The smallest absolute Gasteiger partial charge is 0.321 e. The first-order valence-electron chi connectivity index (χ1n) is 6.87. The molecule has 0 radical (unpaired) electrons. The van der Waals surface area contributed by atoms with Crippen molar-refractivity contribution in [1.29, 1.82) is 0 Å². The molecule has 0 saturated heterocycles. The van der Waals surface area contributed by atoms with Gasteiger partial charge in [-0.05, 0) is 29.8 Å². The molecule has 0 aliphatic heterocycles. The molecule has 22 heavy (non-hydrogen) atoms. The highest BCUT2D eigenvalue weighted by atomic mass is 16.5. The molecule has 0 unspecified atom stereocenters. The van der Waals surface area contributed by atoms with Crippen LogP contribution >= 0.6 is 0 Å². The van der Waals surface area contributed by atoms with Crippen molar-refractivity contribution in [3.05, 3.63) is 67.1 Å². The first kappa shape index (κ1) is 12.5. The van der Waals surface area contributed by atoms with E-state index >= 15 is 0 Å². The fraction of sp³-hybridized carbons (Fsp3) is 0. The Morgan fingerprint density at radius 3 is 2.45 bits per heavy atom. The number of hydrogen-bond donors (Lipinski definition) is 1. The second-order valence-electron chi connectivity index (χ2n) is 4.84. The third-order valence-corrected chi connectivity index (χ3v) is 3.35. The van der Waals surface area contributed by atoms with Gasteiger partial charge in [0.1, 0.15) is 5.75 Å². The van der Waals surface area contributed by atoms with E-state index in [1.807, 2.05) is 42.5 Å². The van der Waals surface area contributed by atoms with E-state index in [-0.39, 0.29) is 0 Å². The van der Waals surface area contributed by atoms with Gasteiger partial charge in [-0.1, -0.05) is 24.3 Å². The highest BCUT2D eigenvalue weighted by Gasteiger charge is 2.04. The number of nitrogens with one attached hydrogen (secondary N) is 1. The molecular formula is C17H12N4O. The summed E-state index contributed by atoms with van der Waals surface area (Å²) in [4.78, 5) is 8.52. The lowest BCUT2D eigenvalue weighted by Crippen LogP contribution is -1.91. The summed E-state index contributed by atoms with van der Waals surface area (Å²) in [7, 11) is 0. The lowest BCUT2D eigenvalue weighted by atomic mass is 10.1. The van der Waals surface area contributed by atoms with Gasteiger partial charge in [0.05, 0.1) is 11.7 Å². The Balaban J connectivity index is 1.61. The van der Waals surface area contributed by atoms with E-state index in [2.05, 4.69) is 26.2 Å². The van der Waals surface area contributed by atoms with Crippen molar-refractivity contribution in [1.82, 2.24) is 20.2 Å². The highest BCUT2D eigenvalue weighted by molar-refractivity contribution is 5.83. The van der Waals surface area contributed by atoms with Gasteiger partial charge >= 0.3 is 6.01 Å². The van der Waals surface area contributed by atoms with Crippen molar-refractivity contribution in [2.24, 2.45) is 0 Å². The van der Waals surface area contributed by atoms with Gasteiger partial charge in [0.25, 0.3) is 0 Å². The SMILES string of the molecule is c1ccc(Oc2ncc(-c3ccc4[nH]ncc4c3)cn2)cc1. The van der Waals surface area contributed by atoms with E-state index in [0.717, 1.165) is 27.8 Å². The molecule has 0 atom stereocenters. The van der Waals surface area contributed by atoms with Crippen LogP contribution in [0.3, 0.4) is 0 Å². The normalized spacial score (nSPS) is 10.7. The van der Waals surface area contributed by atoms with Crippen molar-refractivity contribution in [3.63, 3.8) is 0 Å². The van der Waals surface area contributed by atoms with E-state index in [9.17, 15) is 0 Å². The number of rotatable bonds is 3. The Hall–Kier alpha value is -3.21. The Morgan fingerprint density at radius 1 is 0.818 bits per heavy atom. The quantitative estimate of drug-likeness (QED) is 0.622. The van der Waals surface area contributed by atoms with Crippen molar-refractivity contribution in [3.8, 4) is 22.9 Å². The summed E-state index contributed by atoms with van der Waals surface area (Å²) >= 11 is 0. The van der Waals surface area contributed by atoms with E-state index in [1.165, 1.54) is 0 Å². The van der Waals surface area contributed by atoms with Crippen LogP contribution in [0.2, 0.25) is 0 Å². The van der Waals surface area contributed by atoms with Crippen LogP contribution in [0.5, 0.6) is 11.8 Å². The summed E-state index contributed by atoms with van der Waals surface area (Å²) in [5.74, 6) is 0.718. The maximum atomic E-state index is 5.59. The van der Waals surface area contributed by atoms with Gasteiger partial charge in [0, 0.05) is 23.3 Å². The number of para-hydroxylation sites is 1. The monoisotopic (exact) mass is 288 g/mol. The molecule has 106 valence electrons. The van der Waals surface area contributed by atoms with Crippen LogP contribution in [0.15, 0.2) is 67.1 Å². The molecule has 2 heterocycles. The second-order valence-corrected chi connectivity index (χ2v) is 4.84. The third-order valence-electron chi connectivity index (χ3n) is 3.35. The van der Waals surface area contributed by atoms with Crippen LogP contribution in [0.25, 0.3) is 22.0 Å². The summed E-state index contributed by atoms with van der Waals surface area (Å²) < 4.78 is 5.59. The molecule has 0 spiro atoms. The molecule has 0 bridgehead atoms. The number of benzene rings is 2. The largest absolute Gasteiger partial charge is 0.424 e. The Labute approximate surface area is 126 Å². The average molecular weight is 288 g/mol. The molecule has 0 aliphatic rings. The molecule has 2 aromatic heterocycles. The lowest BCUT2D eigenvalue weighted by molar-refractivity contribution is 0.442. The Morgan fingerprint density at radius 2 is 1.64 bits per heavy atom. The van der Waals surface area contributed by atoms with Gasteiger partial charge in [-0.2, -0.15) is 5.10 Å². The number of hydrogen-bond acceptors (Lipinski definition) is 4. The molecule has 4 aromatic rings. The predicted octanol–water partition coefficient (Wildman–Crippen LogP) is 3.81. The van der Waals surface area contributed by atoms with E-state index < -0.39 is 0 Å². The van der Waals surface area contributed by atoms with E-state index in [1.54, 1.807) is 18.6 Å². The number of fused-ring (bicyclic) bond motifs is 1. The van der Waals surface area contributed by atoms with Crippen LogP contribution in [0, 0.1) is 0 Å². The van der Waals surface area contributed by atoms with Crippen LogP contribution in [0.1, 0.15) is 0 Å². The second kappa shape index (κ2) is 5.29. The van der Waals surface area contributed by atoms with Crippen molar-refractivity contribution < 1.29 is 4.74 Å². The summed E-state index contributed by atoms with van der Waals surface area (Å²) in [5.41, 5.74) is 2.98. The van der Waals surface area contributed by atoms with Gasteiger partial charge in [-0.3, -0.25) is 5.10 Å². The number of aromatic amines is 1. The topological polar surface area (TPSA) is 63.7 Å². The zero-order valence-corrected chi connectivity index (χ0v) is 11.6. The molecule has 0 fully saturated rings. The Kier molecular flexibility index (Phi) is 3.01. The third kappa shape index (κ3) is 2.40. The average Bonchev–Trinajstić information content (AvgIpc) is 3.04. The number of nitrogens with zero attached hydrogens (tertiary/aromatic N) is 3. The standard InChI is InChI=1S/C17H12N4O/c1-2-4-15(5-3-1)22-17-18-9-14(10-19-17)12-6-7-16-13(8-12)11-20-21-16/h1-11H,(H,20,21). The Bertz CT molecular complexity index is 901. The fourth-order valence-corrected chi connectivity index (χ4v) is 2.23. The van der Waals surface area contributed by atoms with E-state index in [0.29, 0.717) is 6.01 Å². The number of aromatic nitrogens is 4. The first-order chi connectivity index (χ1) is 10.9. The molecule has 5 heteroatoms. The van der Waals surface area contributed by atoms with Gasteiger partial charge in [-0.15, -0.1) is 0 Å². The van der Waals surface area contributed by atoms with Crippen molar-refractivity contribution in [2.45, 2.75) is 0 Å². The minimum Gasteiger partial charge on any atom is -0.424 e. The fourth-order valence-electron chi connectivity index (χ4n) is 2.23. The lowest BCUT2D eigenvalue weighted by Gasteiger charge is -2.05. The number of H-pyrrole nitrogens is 1. The summed E-state index contributed by atoms with van der Waals surface area (Å²) in [6.07, 6.45) is 5.31. The van der Waals surface area contributed by atoms with Crippen molar-refractivity contribution in [2.75, 3.05) is 0 Å². The molecule has 1 N–H and O–H groups in total. The zero-order valence-electron chi connectivity index (χ0n) is 11.6. The molecule has 0 amide bonds. The molecule has 2 aromatic carbocycles. The van der Waals surface area contributed by atoms with Gasteiger partial charge in [0.2, 0.25) is 0 Å². The molecular weight excluding hydrogens is 276 g/mol. The maximum absolute atomic E-state index is 5.59. The zero-order chi connectivity index (χ0) is 14.8. The van der Waals surface area contributed by atoms with E-state index in [4.69, 9.17) is 4.74 Å². The van der Waals surface area contributed by atoms with Crippen LogP contribution in [-0.4, -0.2) is 20.2 Å². The molecule has 5 nitrogen and oxygen atoms in total. The van der Waals surface area contributed by atoms with Crippen LogP contribution < -0.4 is 4.74 Å². The van der Waals surface area contributed by atoms with Gasteiger partial charge < -0.3 is 4.74 Å². The summed E-state index contributed by atoms with van der Waals surface area (Å²) in [6, 6.07) is 15.9. The highest BCUT2D eigenvalue weighted by Crippen LogP contribution is 2.24. The maximum Gasteiger partial charge on any atom is 0.321 e. The summed E-state index contributed by atoms with van der Waals surface area (Å²) in [6.45, 7) is 0. The van der Waals surface area contributed by atoms with Gasteiger partial charge in [-0.25, -0.2) is 9.97 Å². The van der Waals surface area contributed by atoms with Crippen molar-refractivity contribution >= 4 is 10.9 Å². The van der Waals surface area contributed by atoms with Gasteiger partial charge in [0.15, 0.2) is 0 Å². The van der Waals surface area contributed by atoms with Crippen LogP contribution in [0.4, 0.5) is 0 Å². The minimum atomic E-state index is 0.333. The molecule has 0 saturated carbocycles. The predicted molar refractivity (Wildman–Crippen MR) is 83.6 cm³/mol. The van der Waals surface area contributed by atoms with Crippen LogP contribution in [-0.2, 0) is 0 Å². The number of ether oxygens (including phenoxy) is 1.